The van der Waals surface area contributed by atoms with Gasteiger partial charge in [0.2, 0.25) is 11.8 Å². The van der Waals surface area contributed by atoms with Crippen molar-refractivity contribution < 1.29 is 18.0 Å². The Morgan fingerprint density at radius 3 is 2.26 bits per heavy atom. The fourth-order valence-corrected chi connectivity index (χ4v) is 5.40. The van der Waals surface area contributed by atoms with Crippen LogP contribution in [0.25, 0.3) is 0 Å². The van der Waals surface area contributed by atoms with Gasteiger partial charge in [-0.05, 0) is 55.0 Å². The first kappa shape index (κ1) is 26.7. The number of sulfonamides is 1. The van der Waals surface area contributed by atoms with E-state index in [-0.39, 0.29) is 17.3 Å². The molecule has 0 heterocycles. The highest BCUT2D eigenvalue weighted by Crippen LogP contribution is 2.27. The Bertz CT molecular complexity index is 1290. The number of rotatable bonds is 9. The molecule has 0 aromatic heterocycles. The number of hydrogen-bond acceptors (Lipinski definition) is 4. The van der Waals surface area contributed by atoms with Gasteiger partial charge in [0.25, 0.3) is 10.0 Å². The lowest BCUT2D eigenvalue weighted by atomic mass is 10.1. The Hall–Kier alpha value is -2.88. The molecule has 0 radical (unpaired) electrons. The standard InChI is InChI=1S/C25H25BrClN3O4S/c1-18(25(32)28-2)29(16-19-11-13-21(27)14-12-19)24(31)17-30(22-8-6-7-20(26)15-22)35(33,34)23-9-4-3-5-10-23/h3-15,18H,16-17H2,1-2H3,(H,28,32)/t18-/m1/s1. The van der Waals surface area contributed by atoms with Crippen LogP contribution in [-0.2, 0) is 26.2 Å². The molecule has 0 fully saturated rings. The maximum absolute atomic E-state index is 13.6. The fraction of sp³-hybridized carbons (Fsp3) is 0.200. The lowest BCUT2D eigenvalue weighted by Gasteiger charge is -2.31. The predicted octanol–water partition coefficient (Wildman–Crippen LogP) is 4.46. The van der Waals surface area contributed by atoms with Gasteiger partial charge in [0.1, 0.15) is 12.6 Å². The molecule has 3 aromatic carbocycles. The van der Waals surface area contributed by atoms with Crippen LogP contribution in [0.5, 0.6) is 0 Å². The third-order valence-corrected chi connectivity index (χ3v) is 7.92. The number of halogens is 2. The number of carbonyl (C=O) groups is 2. The maximum atomic E-state index is 13.6. The van der Waals surface area contributed by atoms with E-state index in [9.17, 15) is 18.0 Å². The van der Waals surface area contributed by atoms with Crippen molar-refractivity contribution in [3.63, 3.8) is 0 Å². The Labute approximate surface area is 218 Å². The molecule has 2 amide bonds. The summed E-state index contributed by atoms with van der Waals surface area (Å²) < 4.78 is 28.9. The van der Waals surface area contributed by atoms with Crippen LogP contribution >= 0.6 is 27.5 Å². The first-order valence-corrected chi connectivity index (χ1v) is 13.3. The van der Waals surface area contributed by atoms with Crippen LogP contribution in [0, 0.1) is 0 Å². The van der Waals surface area contributed by atoms with Crippen molar-refractivity contribution in [3.05, 3.63) is 93.9 Å². The van der Waals surface area contributed by atoms with Crippen LogP contribution in [-0.4, -0.2) is 44.8 Å². The number of hydrogen-bond donors (Lipinski definition) is 1. The molecular formula is C25H25BrClN3O4S. The monoisotopic (exact) mass is 577 g/mol. The SMILES string of the molecule is CNC(=O)[C@@H](C)N(Cc1ccc(Cl)cc1)C(=O)CN(c1cccc(Br)c1)S(=O)(=O)c1ccccc1. The summed E-state index contributed by atoms with van der Waals surface area (Å²) in [5.41, 5.74) is 1.06. The van der Waals surface area contributed by atoms with Gasteiger partial charge in [0.05, 0.1) is 10.6 Å². The largest absolute Gasteiger partial charge is 0.357 e. The average Bonchev–Trinajstić information content (AvgIpc) is 2.86. The second-order valence-electron chi connectivity index (χ2n) is 7.74. The van der Waals surface area contributed by atoms with Crippen LogP contribution in [0.1, 0.15) is 12.5 Å². The predicted molar refractivity (Wildman–Crippen MR) is 141 cm³/mol. The van der Waals surface area contributed by atoms with E-state index in [1.165, 1.54) is 24.1 Å². The molecule has 184 valence electrons. The molecule has 0 bridgehead atoms. The minimum Gasteiger partial charge on any atom is -0.357 e. The van der Waals surface area contributed by atoms with Gasteiger partial charge < -0.3 is 10.2 Å². The van der Waals surface area contributed by atoms with Gasteiger partial charge in [-0.1, -0.05) is 63.9 Å². The normalized spacial score (nSPS) is 12.0. The fourth-order valence-electron chi connectivity index (χ4n) is 3.46. The van der Waals surface area contributed by atoms with Gasteiger partial charge >= 0.3 is 0 Å². The summed E-state index contributed by atoms with van der Waals surface area (Å²) in [5, 5.41) is 3.09. The van der Waals surface area contributed by atoms with Crippen molar-refractivity contribution in [1.29, 1.82) is 0 Å². The van der Waals surface area contributed by atoms with Gasteiger partial charge in [-0.25, -0.2) is 8.42 Å². The number of benzene rings is 3. The molecule has 10 heteroatoms. The molecule has 1 N–H and O–H groups in total. The highest BCUT2D eigenvalue weighted by atomic mass is 79.9. The van der Waals surface area contributed by atoms with Gasteiger partial charge in [-0.2, -0.15) is 0 Å². The Kier molecular flexibility index (Phi) is 8.93. The molecule has 0 unspecified atom stereocenters. The van der Waals surface area contributed by atoms with Gasteiger partial charge in [-0.3, -0.25) is 13.9 Å². The highest BCUT2D eigenvalue weighted by molar-refractivity contribution is 9.10. The van der Waals surface area contributed by atoms with Crippen molar-refractivity contribution in [1.82, 2.24) is 10.2 Å². The van der Waals surface area contributed by atoms with E-state index in [1.54, 1.807) is 73.7 Å². The van der Waals surface area contributed by atoms with Crippen LogP contribution in [0.3, 0.4) is 0 Å². The Balaban J connectivity index is 2.01. The van der Waals surface area contributed by atoms with E-state index < -0.39 is 28.5 Å². The third-order valence-electron chi connectivity index (χ3n) is 5.39. The van der Waals surface area contributed by atoms with E-state index in [2.05, 4.69) is 21.2 Å². The molecule has 0 aliphatic heterocycles. The van der Waals surface area contributed by atoms with Crippen LogP contribution in [0.2, 0.25) is 5.02 Å². The molecule has 7 nitrogen and oxygen atoms in total. The van der Waals surface area contributed by atoms with Crippen LogP contribution < -0.4 is 9.62 Å². The number of anilines is 1. The number of carbonyl (C=O) groups excluding carboxylic acids is 2. The zero-order valence-corrected chi connectivity index (χ0v) is 22.3. The van der Waals surface area contributed by atoms with Crippen molar-refractivity contribution in [2.45, 2.75) is 24.4 Å². The first-order valence-electron chi connectivity index (χ1n) is 10.7. The second kappa shape index (κ2) is 11.7. The molecule has 1 atom stereocenters. The summed E-state index contributed by atoms with van der Waals surface area (Å²) in [6.45, 7) is 1.20. The van der Waals surface area contributed by atoms with Gasteiger partial charge in [0, 0.05) is 23.1 Å². The number of nitrogens with one attached hydrogen (secondary N) is 1. The highest BCUT2D eigenvalue weighted by Gasteiger charge is 2.32. The minimum absolute atomic E-state index is 0.0522. The molecule has 0 saturated carbocycles. The van der Waals surface area contributed by atoms with Crippen LogP contribution in [0.15, 0.2) is 88.2 Å². The summed E-state index contributed by atoms with van der Waals surface area (Å²) in [7, 11) is -2.60. The first-order chi connectivity index (χ1) is 16.6. The van der Waals surface area contributed by atoms with Gasteiger partial charge in [-0.15, -0.1) is 0 Å². The van der Waals surface area contributed by atoms with Crippen LogP contribution in [0.4, 0.5) is 5.69 Å². The van der Waals surface area contributed by atoms with Crippen molar-refractivity contribution in [2.24, 2.45) is 0 Å². The summed E-state index contributed by atoms with van der Waals surface area (Å²) >= 11 is 9.35. The zero-order valence-electron chi connectivity index (χ0n) is 19.2. The smallest absolute Gasteiger partial charge is 0.264 e. The lowest BCUT2D eigenvalue weighted by molar-refractivity contribution is -0.139. The maximum Gasteiger partial charge on any atom is 0.264 e. The average molecular weight is 579 g/mol. The Morgan fingerprint density at radius 2 is 1.66 bits per heavy atom. The lowest BCUT2D eigenvalue weighted by Crippen LogP contribution is -2.50. The molecule has 3 rings (SSSR count). The molecule has 35 heavy (non-hydrogen) atoms. The molecule has 0 spiro atoms. The molecule has 0 aliphatic rings. The summed E-state index contributed by atoms with van der Waals surface area (Å²) in [6.07, 6.45) is 0. The van der Waals surface area contributed by atoms with E-state index in [0.717, 1.165) is 9.87 Å². The van der Waals surface area contributed by atoms with E-state index >= 15 is 0 Å². The molecule has 0 aliphatic carbocycles. The van der Waals surface area contributed by atoms with Crippen molar-refractivity contribution in [2.75, 3.05) is 17.9 Å². The quantitative estimate of drug-likeness (QED) is 0.406. The number of nitrogens with zero attached hydrogens (tertiary/aromatic N) is 2. The number of likely N-dealkylation sites (N-methyl/N-ethyl adjacent to an activating group) is 1. The van der Waals surface area contributed by atoms with E-state index in [1.807, 2.05) is 0 Å². The third kappa shape index (κ3) is 6.62. The second-order valence-corrected chi connectivity index (χ2v) is 11.0. The minimum atomic E-state index is -4.08. The number of amides is 2. The van der Waals surface area contributed by atoms with E-state index in [4.69, 9.17) is 11.6 Å². The van der Waals surface area contributed by atoms with Crippen molar-refractivity contribution >= 4 is 55.1 Å². The zero-order chi connectivity index (χ0) is 25.6. The topological polar surface area (TPSA) is 86.8 Å². The molecule has 0 saturated heterocycles. The molecule has 3 aromatic rings. The van der Waals surface area contributed by atoms with Gasteiger partial charge in [0.15, 0.2) is 0 Å². The molecular weight excluding hydrogens is 554 g/mol. The van der Waals surface area contributed by atoms with E-state index in [0.29, 0.717) is 15.2 Å². The van der Waals surface area contributed by atoms with Crippen molar-refractivity contribution in [3.8, 4) is 0 Å². The summed E-state index contributed by atoms with van der Waals surface area (Å²) in [5.74, 6) is -0.900. The summed E-state index contributed by atoms with van der Waals surface area (Å²) in [4.78, 5) is 27.5. The Morgan fingerprint density at radius 1 is 1.00 bits per heavy atom. The summed E-state index contributed by atoms with van der Waals surface area (Å²) in [6, 6.07) is 20.7.